The highest BCUT2D eigenvalue weighted by molar-refractivity contribution is 5.97. The van der Waals surface area contributed by atoms with E-state index in [1.165, 1.54) is 22.1 Å². The Balaban J connectivity index is 1.24. The van der Waals surface area contributed by atoms with Crippen molar-refractivity contribution in [1.82, 2.24) is 30.0 Å². The van der Waals surface area contributed by atoms with Crippen molar-refractivity contribution in [3.05, 3.63) is 65.5 Å². The molecule has 2 aliphatic rings. The normalized spacial score (nSPS) is 16.5. The first-order valence-electron chi connectivity index (χ1n) is 9.86. The van der Waals surface area contributed by atoms with E-state index in [1.54, 1.807) is 0 Å². The van der Waals surface area contributed by atoms with Gasteiger partial charge in [0, 0.05) is 39.1 Å². The monoisotopic (exact) mass is 390 g/mol. The number of carbonyl (C=O) groups is 1. The third-order valence-corrected chi connectivity index (χ3v) is 5.55. The van der Waals surface area contributed by atoms with Crippen LogP contribution in [0.25, 0.3) is 5.69 Å². The van der Waals surface area contributed by atoms with Crippen LogP contribution in [-0.4, -0.2) is 68.7 Å². The van der Waals surface area contributed by atoms with Gasteiger partial charge in [-0.3, -0.25) is 9.69 Å². The fourth-order valence-corrected chi connectivity index (χ4v) is 4.00. The predicted octanol–water partition coefficient (Wildman–Crippen LogP) is 1.56. The smallest absolute Gasteiger partial charge is 0.256 e. The fourth-order valence-electron chi connectivity index (χ4n) is 4.00. The highest BCUT2D eigenvalue weighted by atomic mass is 16.5. The lowest BCUT2D eigenvalue weighted by atomic mass is 10.1. The maximum atomic E-state index is 13.1. The summed E-state index contributed by atoms with van der Waals surface area (Å²) < 4.78 is 7.12. The Bertz CT molecular complexity index is 1010. The summed E-state index contributed by atoms with van der Waals surface area (Å²) in [7, 11) is 0. The van der Waals surface area contributed by atoms with Crippen molar-refractivity contribution in [2.24, 2.45) is 0 Å². The van der Waals surface area contributed by atoms with E-state index >= 15 is 0 Å². The zero-order valence-electron chi connectivity index (χ0n) is 16.1. The van der Waals surface area contributed by atoms with Crippen LogP contribution in [0.4, 0.5) is 0 Å². The summed E-state index contributed by atoms with van der Waals surface area (Å²) in [5.41, 5.74) is 3.92. The van der Waals surface area contributed by atoms with Gasteiger partial charge in [-0.1, -0.05) is 24.3 Å². The Labute approximate surface area is 168 Å². The first-order valence-corrected chi connectivity index (χ1v) is 9.86. The van der Waals surface area contributed by atoms with Crippen LogP contribution in [0.2, 0.25) is 0 Å². The SMILES string of the molecule is O=C(c1ccccc1-n1cnnn1)N1CCN(Cc2ccc3c(c2)CCO3)CC1. The number of fused-ring (bicyclic) bond motifs is 1. The van der Waals surface area contributed by atoms with Crippen LogP contribution >= 0.6 is 0 Å². The largest absolute Gasteiger partial charge is 0.493 e. The van der Waals surface area contributed by atoms with E-state index in [4.69, 9.17) is 4.74 Å². The summed E-state index contributed by atoms with van der Waals surface area (Å²) in [5, 5.41) is 11.3. The predicted molar refractivity (Wildman–Crippen MR) is 106 cm³/mol. The zero-order chi connectivity index (χ0) is 19.6. The van der Waals surface area contributed by atoms with Crippen LogP contribution in [0.15, 0.2) is 48.8 Å². The van der Waals surface area contributed by atoms with Gasteiger partial charge in [0.05, 0.1) is 17.9 Å². The van der Waals surface area contributed by atoms with Gasteiger partial charge in [-0.25, -0.2) is 0 Å². The van der Waals surface area contributed by atoms with Gasteiger partial charge in [-0.15, -0.1) is 5.10 Å². The Morgan fingerprint density at radius 1 is 1.07 bits per heavy atom. The maximum absolute atomic E-state index is 13.1. The quantitative estimate of drug-likeness (QED) is 0.673. The van der Waals surface area contributed by atoms with Gasteiger partial charge in [0.15, 0.2) is 0 Å². The highest BCUT2D eigenvalue weighted by Gasteiger charge is 2.24. The van der Waals surface area contributed by atoms with Gasteiger partial charge >= 0.3 is 0 Å². The Morgan fingerprint density at radius 3 is 2.76 bits per heavy atom. The molecule has 1 fully saturated rings. The van der Waals surface area contributed by atoms with Gasteiger partial charge in [-0.2, -0.15) is 4.68 Å². The van der Waals surface area contributed by atoms with E-state index in [2.05, 4.69) is 38.6 Å². The molecule has 3 aromatic rings. The van der Waals surface area contributed by atoms with Crippen LogP contribution in [0.1, 0.15) is 21.5 Å². The molecule has 29 heavy (non-hydrogen) atoms. The molecule has 0 atom stereocenters. The molecule has 148 valence electrons. The van der Waals surface area contributed by atoms with Crippen molar-refractivity contribution in [1.29, 1.82) is 0 Å². The molecule has 3 heterocycles. The fraction of sp³-hybridized carbons (Fsp3) is 0.333. The molecule has 1 amide bonds. The van der Waals surface area contributed by atoms with Crippen LogP contribution < -0.4 is 4.74 Å². The molecule has 1 aromatic heterocycles. The first kappa shape index (κ1) is 17.8. The summed E-state index contributed by atoms with van der Waals surface area (Å²) >= 11 is 0. The van der Waals surface area contributed by atoms with Crippen LogP contribution in [0.3, 0.4) is 0 Å². The average molecular weight is 390 g/mol. The van der Waals surface area contributed by atoms with Crippen molar-refractivity contribution >= 4 is 5.91 Å². The number of para-hydroxylation sites is 1. The second kappa shape index (κ2) is 7.63. The topological polar surface area (TPSA) is 76.4 Å². The molecule has 0 bridgehead atoms. The van der Waals surface area contributed by atoms with E-state index in [-0.39, 0.29) is 5.91 Å². The van der Waals surface area contributed by atoms with E-state index in [1.807, 2.05) is 29.2 Å². The van der Waals surface area contributed by atoms with Crippen LogP contribution in [0.5, 0.6) is 5.75 Å². The van der Waals surface area contributed by atoms with Crippen LogP contribution in [-0.2, 0) is 13.0 Å². The molecule has 2 aromatic carbocycles. The number of benzene rings is 2. The van der Waals surface area contributed by atoms with E-state index < -0.39 is 0 Å². The molecule has 0 unspecified atom stereocenters. The molecule has 0 saturated carbocycles. The summed E-state index contributed by atoms with van der Waals surface area (Å²) in [6.45, 7) is 4.80. The van der Waals surface area contributed by atoms with Gasteiger partial charge in [-0.05, 0) is 39.8 Å². The summed E-state index contributed by atoms with van der Waals surface area (Å²) in [6.07, 6.45) is 2.50. The van der Waals surface area contributed by atoms with E-state index in [9.17, 15) is 4.79 Å². The van der Waals surface area contributed by atoms with Gasteiger partial charge in [0.1, 0.15) is 12.1 Å². The lowest BCUT2D eigenvalue weighted by Gasteiger charge is -2.35. The Hall–Kier alpha value is -3.26. The Kier molecular flexibility index (Phi) is 4.69. The minimum absolute atomic E-state index is 0.0189. The standard InChI is InChI=1S/C21H22N6O2/c28-21(18-3-1-2-4-19(18)27-15-22-23-24-27)26-10-8-25(9-11-26)14-16-5-6-20-17(13-16)7-12-29-20/h1-6,13,15H,7-12,14H2. The summed E-state index contributed by atoms with van der Waals surface area (Å²) in [5.74, 6) is 1.04. The molecule has 8 heteroatoms. The minimum Gasteiger partial charge on any atom is -0.493 e. The third kappa shape index (κ3) is 3.58. The molecule has 5 rings (SSSR count). The van der Waals surface area contributed by atoms with Crippen molar-refractivity contribution in [3.63, 3.8) is 0 Å². The number of ether oxygens (including phenoxy) is 1. The molecule has 2 aliphatic heterocycles. The Morgan fingerprint density at radius 2 is 1.93 bits per heavy atom. The summed E-state index contributed by atoms with van der Waals surface area (Å²) in [6, 6.07) is 13.9. The number of amides is 1. The van der Waals surface area contributed by atoms with Crippen molar-refractivity contribution in [2.75, 3.05) is 32.8 Å². The van der Waals surface area contributed by atoms with E-state index in [0.29, 0.717) is 24.3 Å². The number of carbonyl (C=O) groups excluding carboxylic acids is 1. The van der Waals surface area contributed by atoms with Gasteiger partial charge in [0.25, 0.3) is 5.91 Å². The number of aromatic nitrogens is 4. The minimum atomic E-state index is 0.0189. The molecule has 0 spiro atoms. The third-order valence-electron chi connectivity index (χ3n) is 5.55. The van der Waals surface area contributed by atoms with E-state index in [0.717, 1.165) is 38.4 Å². The number of piperazine rings is 1. The lowest BCUT2D eigenvalue weighted by Crippen LogP contribution is -2.48. The van der Waals surface area contributed by atoms with Crippen LogP contribution in [0, 0.1) is 0 Å². The van der Waals surface area contributed by atoms with Crippen molar-refractivity contribution in [2.45, 2.75) is 13.0 Å². The number of hydrogen-bond donors (Lipinski definition) is 0. The summed E-state index contributed by atoms with van der Waals surface area (Å²) in [4.78, 5) is 17.4. The average Bonchev–Trinajstić information content (AvgIpc) is 3.46. The molecule has 0 aliphatic carbocycles. The molecular formula is C21H22N6O2. The molecular weight excluding hydrogens is 368 g/mol. The van der Waals surface area contributed by atoms with Crippen molar-refractivity contribution < 1.29 is 9.53 Å². The maximum Gasteiger partial charge on any atom is 0.256 e. The number of hydrogen-bond acceptors (Lipinski definition) is 6. The first-order chi connectivity index (χ1) is 14.3. The second-order valence-electron chi connectivity index (χ2n) is 7.38. The molecule has 8 nitrogen and oxygen atoms in total. The zero-order valence-corrected chi connectivity index (χ0v) is 16.1. The van der Waals surface area contributed by atoms with Gasteiger partial charge < -0.3 is 9.64 Å². The van der Waals surface area contributed by atoms with Gasteiger partial charge in [0.2, 0.25) is 0 Å². The molecule has 0 N–H and O–H groups in total. The van der Waals surface area contributed by atoms with Crippen molar-refractivity contribution in [3.8, 4) is 11.4 Å². The lowest BCUT2D eigenvalue weighted by molar-refractivity contribution is 0.0628. The molecule has 0 radical (unpaired) electrons. The number of tetrazole rings is 1. The molecule has 1 saturated heterocycles. The second-order valence-corrected chi connectivity index (χ2v) is 7.38. The number of nitrogens with zero attached hydrogens (tertiary/aromatic N) is 6. The highest BCUT2D eigenvalue weighted by Crippen LogP contribution is 2.26. The number of rotatable bonds is 4.